The van der Waals surface area contributed by atoms with E-state index in [-0.39, 0.29) is 17.1 Å². The molecular formula is C23H23N3O2. The Morgan fingerprint density at radius 3 is 1.93 bits per heavy atom. The second-order valence-electron chi connectivity index (χ2n) is 7.33. The summed E-state index contributed by atoms with van der Waals surface area (Å²) in [5.74, 6) is -0.254. The summed E-state index contributed by atoms with van der Waals surface area (Å²) in [6.45, 7) is 2.74. The number of aromatic nitrogens is 2. The molecule has 1 aromatic heterocycles. The number of H-pyrrole nitrogens is 1. The third-order valence-electron chi connectivity index (χ3n) is 5.73. The van der Waals surface area contributed by atoms with Crippen molar-refractivity contribution in [2.75, 3.05) is 13.1 Å². The van der Waals surface area contributed by atoms with Crippen LogP contribution in [0.15, 0.2) is 66.7 Å². The van der Waals surface area contributed by atoms with Crippen LogP contribution in [0.4, 0.5) is 0 Å². The van der Waals surface area contributed by atoms with Gasteiger partial charge < -0.3 is 4.90 Å². The van der Waals surface area contributed by atoms with Gasteiger partial charge in [0.25, 0.3) is 5.91 Å². The van der Waals surface area contributed by atoms with Crippen LogP contribution in [0.1, 0.15) is 51.9 Å². The lowest BCUT2D eigenvalue weighted by Crippen LogP contribution is -2.45. The van der Waals surface area contributed by atoms with Gasteiger partial charge in [-0.05, 0) is 30.0 Å². The maximum absolute atomic E-state index is 12.9. The zero-order valence-electron chi connectivity index (χ0n) is 15.9. The molecule has 142 valence electrons. The highest BCUT2D eigenvalue weighted by Crippen LogP contribution is 2.41. The van der Waals surface area contributed by atoms with Crippen LogP contribution in [0.5, 0.6) is 0 Å². The minimum absolute atomic E-state index is 0.0994. The van der Waals surface area contributed by atoms with E-state index >= 15 is 0 Å². The molecule has 4 rings (SSSR count). The molecule has 0 radical (unpaired) electrons. The van der Waals surface area contributed by atoms with Crippen LogP contribution in [0, 0.1) is 0 Å². The van der Waals surface area contributed by atoms with Gasteiger partial charge in [0.05, 0.1) is 0 Å². The van der Waals surface area contributed by atoms with Gasteiger partial charge in [-0.2, -0.15) is 5.10 Å². The summed E-state index contributed by atoms with van der Waals surface area (Å²) >= 11 is 0. The third-order valence-corrected chi connectivity index (χ3v) is 5.73. The second kappa shape index (κ2) is 7.43. The van der Waals surface area contributed by atoms with E-state index in [9.17, 15) is 9.59 Å². The molecule has 2 heterocycles. The number of carbonyl (C=O) groups excluding carboxylic acids is 2. The normalized spacial score (nSPS) is 16.0. The number of nitrogens with zero attached hydrogens (tertiary/aromatic N) is 2. The fourth-order valence-electron chi connectivity index (χ4n) is 4.13. The van der Waals surface area contributed by atoms with Gasteiger partial charge in [-0.25, -0.2) is 0 Å². The molecule has 1 saturated heterocycles. The predicted molar refractivity (Wildman–Crippen MR) is 107 cm³/mol. The van der Waals surface area contributed by atoms with E-state index in [0.29, 0.717) is 24.5 Å². The molecule has 1 aliphatic heterocycles. The number of nitrogens with one attached hydrogen (secondary N) is 1. The molecular weight excluding hydrogens is 350 g/mol. The van der Waals surface area contributed by atoms with Crippen LogP contribution in [-0.4, -0.2) is 39.9 Å². The number of aromatic amines is 1. The number of hydrogen-bond donors (Lipinski definition) is 1. The highest BCUT2D eigenvalue weighted by molar-refractivity contribution is 5.97. The van der Waals surface area contributed by atoms with E-state index in [0.717, 1.165) is 12.8 Å². The molecule has 5 heteroatoms. The number of rotatable bonds is 4. The van der Waals surface area contributed by atoms with Crippen LogP contribution < -0.4 is 0 Å². The average molecular weight is 373 g/mol. The second-order valence-corrected chi connectivity index (χ2v) is 7.33. The van der Waals surface area contributed by atoms with Gasteiger partial charge in [0.1, 0.15) is 11.4 Å². The highest BCUT2D eigenvalue weighted by atomic mass is 16.2. The Morgan fingerprint density at radius 1 is 0.929 bits per heavy atom. The van der Waals surface area contributed by atoms with Crippen LogP contribution in [0.3, 0.4) is 0 Å². The Balaban J connectivity index is 1.59. The minimum atomic E-state index is -0.152. The number of benzene rings is 2. The van der Waals surface area contributed by atoms with Crippen LogP contribution in [0.2, 0.25) is 0 Å². The van der Waals surface area contributed by atoms with E-state index in [1.54, 1.807) is 6.07 Å². The zero-order chi connectivity index (χ0) is 19.6. The Labute approximate surface area is 164 Å². The molecule has 1 amide bonds. The fraction of sp³-hybridized carbons (Fsp3) is 0.261. The lowest BCUT2D eigenvalue weighted by molar-refractivity contribution is 0.0679. The first kappa shape index (κ1) is 18.2. The van der Waals surface area contributed by atoms with Crippen molar-refractivity contribution in [3.05, 3.63) is 89.2 Å². The SMILES string of the molecule is CC(=O)c1cc(C(=O)N2CCC(c3ccccc3)(c3ccccc3)CC2)[nH]n1. The lowest BCUT2D eigenvalue weighted by Gasteiger charge is -2.42. The van der Waals surface area contributed by atoms with Crippen molar-refractivity contribution < 1.29 is 9.59 Å². The molecule has 0 bridgehead atoms. The monoisotopic (exact) mass is 373 g/mol. The Morgan fingerprint density at radius 2 is 1.46 bits per heavy atom. The zero-order valence-corrected chi connectivity index (χ0v) is 15.9. The van der Waals surface area contributed by atoms with Gasteiger partial charge in [0.2, 0.25) is 0 Å². The average Bonchev–Trinajstić information content (AvgIpc) is 3.25. The Kier molecular flexibility index (Phi) is 4.82. The van der Waals surface area contributed by atoms with Crippen LogP contribution >= 0.6 is 0 Å². The molecule has 0 aliphatic carbocycles. The summed E-state index contributed by atoms with van der Waals surface area (Å²) < 4.78 is 0. The van der Waals surface area contributed by atoms with Crippen molar-refractivity contribution in [1.82, 2.24) is 15.1 Å². The van der Waals surface area contributed by atoms with E-state index < -0.39 is 0 Å². The van der Waals surface area contributed by atoms with Gasteiger partial charge in [0, 0.05) is 25.4 Å². The van der Waals surface area contributed by atoms with Gasteiger partial charge in [-0.3, -0.25) is 14.7 Å². The summed E-state index contributed by atoms with van der Waals surface area (Å²) in [6, 6.07) is 22.6. The maximum Gasteiger partial charge on any atom is 0.271 e. The standard InChI is InChI=1S/C23H23N3O2/c1-17(27)20-16-21(25-24-20)22(28)26-14-12-23(13-15-26,18-8-4-2-5-9-18)19-10-6-3-7-11-19/h2-11,16H,12-15H2,1H3,(H,24,25). The molecule has 28 heavy (non-hydrogen) atoms. The van der Waals surface area contributed by atoms with Gasteiger partial charge in [-0.15, -0.1) is 0 Å². The number of carbonyl (C=O) groups is 2. The Bertz CT molecular complexity index is 930. The number of amides is 1. The third kappa shape index (κ3) is 3.24. The smallest absolute Gasteiger partial charge is 0.271 e. The Hall–Kier alpha value is -3.21. The summed E-state index contributed by atoms with van der Waals surface area (Å²) in [4.78, 5) is 26.2. The van der Waals surface area contributed by atoms with Crippen molar-refractivity contribution in [3.8, 4) is 0 Å². The lowest BCUT2D eigenvalue weighted by atomic mass is 9.68. The van der Waals surface area contributed by atoms with E-state index in [2.05, 4.69) is 58.7 Å². The maximum atomic E-state index is 12.9. The summed E-state index contributed by atoms with van der Waals surface area (Å²) in [5.41, 5.74) is 3.14. The number of ketones is 1. The molecule has 1 N–H and O–H groups in total. The molecule has 2 aromatic carbocycles. The fourth-order valence-corrected chi connectivity index (χ4v) is 4.13. The molecule has 5 nitrogen and oxygen atoms in total. The minimum Gasteiger partial charge on any atom is -0.337 e. The molecule has 0 saturated carbocycles. The summed E-state index contributed by atoms with van der Waals surface area (Å²) in [5, 5.41) is 6.64. The first-order chi connectivity index (χ1) is 13.6. The van der Waals surface area contributed by atoms with Gasteiger partial charge >= 0.3 is 0 Å². The first-order valence-corrected chi connectivity index (χ1v) is 9.57. The van der Waals surface area contributed by atoms with Crippen LogP contribution in [0.25, 0.3) is 0 Å². The molecule has 1 fully saturated rings. The summed E-state index contributed by atoms with van der Waals surface area (Å²) in [6.07, 6.45) is 1.70. The van der Waals surface area contributed by atoms with Crippen molar-refractivity contribution in [1.29, 1.82) is 0 Å². The molecule has 1 aliphatic rings. The topological polar surface area (TPSA) is 66.1 Å². The number of hydrogen-bond acceptors (Lipinski definition) is 3. The van der Waals surface area contributed by atoms with Crippen molar-refractivity contribution in [2.24, 2.45) is 0 Å². The largest absolute Gasteiger partial charge is 0.337 e. The van der Waals surface area contributed by atoms with Crippen molar-refractivity contribution in [3.63, 3.8) is 0 Å². The van der Waals surface area contributed by atoms with Gasteiger partial charge in [-0.1, -0.05) is 60.7 Å². The van der Waals surface area contributed by atoms with Crippen LogP contribution in [-0.2, 0) is 5.41 Å². The molecule has 3 aromatic rings. The van der Waals surface area contributed by atoms with E-state index in [1.165, 1.54) is 18.1 Å². The quantitative estimate of drug-likeness (QED) is 0.707. The number of piperidine rings is 1. The first-order valence-electron chi connectivity index (χ1n) is 9.57. The summed E-state index contributed by atoms with van der Waals surface area (Å²) in [7, 11) is 0. The molecule has 0 spiro atoms. The van der Waals surface area contributed by atoms with E-state index in [1.807, 2.05) is 17.0 Å². The number of Topliss-reactive ketones (excluding diaryl/α,β-unsaturated/α-hetero) is 1. The molecule has 0 atom stereocenters. The van der Waals surface area contributed by atoms with Gasteiger partial charge in [0.15, 0.2) is 5.78 Å². The van der Waals surface area contributed by atoms with E-state index in [4.69, 9.17) is 0 Å². The number of likely N-dealkylation sites (tertiary alicyclic amines) is 1. The highest BCUT2D eigenvalue weighted by Gasteiger charge is 2.39. The predicted octanol–water partition coefficient (Wildman–Crippen LogP) is 3.83. The van der Waals surface area contributed by atoms with Crippen molar-refractivity contribution >= 4 is 11.7 Å². The van der Waals surface area contributed by atoms with Crippen molar-refractivity contribution in [2.45, 2.75) is 25.2 Å². The molecule has 0 unspecified atom stereocenters.